The minimum Gasteiger partial charge on any atom is -0.358 e. The van der Waals surface area contributed by atoms with Crippen LogP contribution in [0.15, 0.2) is 45.7 Å². The lowest BCUT2D eigenvalue weighted by Crippen LogP contribution is -2.46. The van der Waals surface area contributed by atoms with Crippen molar-refractivity contribution in [1.29, 1.82) is 0 Å². The topological polar surface area (TPSA) is 63.5 Å². The summed E-state index contributed by atoms with van der Waals surface area (Å²) in [4.78, 5) is 21.6. The second-order valence-electron chi connectivity index (χ2n) is 9.56. The van der Waals surface area contributed by atoms with Crippen LogP contribution in [0.1, 0.15) is 89.4 Å². The van der Waals surface area contributed by atoms with Crippen LogP contribution in [0.25, 0.3) is 0 Å². The fourth-order valence-corrected chi connectivity index (χ4v) is 4.79. The molecule has 1 aliphatic carbocycles. The van der Waals surface area contributed by atoms with Crippen LogP contribution in [-0.2, 0) is 4.79 Å². The third-order valence-corrected chi connectivity index (χ3v) is 6.63. The Labute approximate surface area is 221 Å². The second-order valence-corrected chi connectivity index (χ2v) is 9.56. The van der Waals surface area contributed by atoms with Crippen LogP contribution in [0, 0.1) is 17.3 Å². The van der Waals surface area contributed by atoms with E-state index in [4.69, 9.17) is 10.1 Å². The molecular formula is C29H52N6O. The Bertz CT molecular complexity index is 898. The van der Waals surface area contributed by atoms with E-state index >= 15 is 0 Å². The Morgan fingerprint density at radius 2 is 1.72 bits per heavy atom. The molecule has 5 rings (SSSR count). The molecule has 5 aliphatic rings. The van der Waals surface area contributed by atoms with Gasteiger partial charge in [-0.3, -0.25) is 9.79 Å². The molecule has 1 amide bonds. The zero-order valence-electron chi connectivity index (χ0n) is 24.3. The van der Waals surface area contributed by atoms with Gasteiger partial charge in [-0.15, -0.1) is 0 Å². The van der Waals surface area contributed by atoms with Gasteiger partial charge in [0.2, 0.25) is 5.91 Å². The number of fused-ring (bicyclic) bond motifs is 2. The van der Waals surface area contributed by atoms with Gasteiger partial charge < -0.3 is 15.1 Å². The zero-order chi connectivity index (χ0) is 26.9. The van der Waals surface area contributed by atoms with E-state index < -0.39 is 0 Å². The lowest BCUT2D eigenvalue weighted by molar-refractivity contribution is -0.130. The third-order valence-electron chi connectivity index (χ3n) is 6.63. The number of aliphatic imine (C=N–C) groups is 1. The van der Waals surface area contributed by atoms with Gasteiger partial charge in [-0.25, -0.2) is 0 Å². The Morgan fingerprint density at radius 1 is 1.06 bits per heavy atom. The maximum atomic E-state index is 12.3. The quantitative estimate of drug-likeness (QED) is 0.500. The van der Waals surface area contributed by atoms with E-state index in [0.717, 1.165) is 43.5 Å². The molecule has 0 aromatic heterocycles. The van der Waals surface area contributed by atoms with Gasteiger partial charge in [0.05, 0.1) is 6.54 Å². The number of hydrogen-bond donors (Lipinski definition) is 1. The Hall–Kier alpha value is -2.57. The van der Waals surface area contributed by atoms with E-state index in [-0.39, 0.29) is 18.7 Å². The molecule has 7 heteroatoms. The molecule has 0 radical (unpaired) electrons. The van der Waals surface area contributed by atoms with Crippen LogP contribution < -0.4 is 5.32 Å². The summed E-state index contributed by atoms with van der Waals surface area (Å²) in [5, 5.41) is 10.2. The van der Waals surface area contributed by atoms with Gasteiger partial charge >= 0.3 is 0 Å². The van der Waals surface area contributed by atoms with E-state index in [2.05, 4.69) is 36.2 Å². The van der Waals surface area contributed by atoms with Crippen molar-refractivity contribution in [1.82, 2.24) is 20.1 Å². The molecule has 1 saturated carbocycles. The summed E-state index contributed by atoms with van der Waals surface area (Å²) in [6, 6.07) is 0. The molecule has 2 fully saturated rings. The lowest BCUT2D eigenvalue weighted by atomic mass is 9.94. The third kappa shape index (κ3) is 6.80. The van der Waals surface area contributed by atoms with Crippen LogP contribution in [-0.4, -0.2) is 58.9 Å². The van der Waals surface area contributed by atoms with Gasteiger partial charge in [0.1, 0.15) is 11.6 Å². The number of likely N-dealkylation sites (tertiary alicyclic amines) is 1. The van der Waals surface area contributed by atoms with Crippen molar-refractivity contribution in [3.05, 3.63) is 35.6 Å². The number of allylic oxidation sites excluding steroid dienone is 1. The van der Waals surface area contributed by atoms with Crippen LogP contribution in [0.4, 0.5) is 0 Å². The van der Waals surface area contributed by atoms with Gasteiger partial charge in [0.15, 0.2) is 5.84 Å². The number of rotatable bonds is 4. The predicted octanol–water partition coefficient (Wildman–Crippen LogP) is 6.19. The van der Waals surface area contributed by atoms with Crippen molar-refractivity contribution in [2.45, 2.75) is 88.0 Å². The first-order valence-electron chi connectivity index (χ1n) is 14.3. The van der Waals surface area contributed by atoms with Crippen molar-refractivity contribution in [2.75, 3.05) is 26.2 Å². The molecular weight excluding hydrogens is 448 g/mol. The standard InChI is InChI=1S/C23H32N6O.3C2H6.H2/c1-4-27-14-16(17-10-18(17)22(27)30)13-24-19-11-20(28-8-6-5-7-9-28)26-21-12-23(2,3)15-25-29(19)21;3*1-2;/h11-12,14-15,17-18,26H,4-10,13H2,1-3H3;3*1-2H3;1H. The first kappa shape index (κ1) is 29.7. The molecule has 0 bridgehead atoms. The molecule has 36 heavy (non-hydrogen) atoms. The molecule has 0 spiro atoms. The fourth-order valence-electron chi connectivity index (χ4n) is 4.79. The van der Waals surface area contributed by atoms with Crippen LogP contribution in [0.5, 0.6) is 0 Å². The van der Waals surface area contributed by atoms with Crippen molar-refractivity contribution < 1.29 is 6.22 Å². The summed E-state index contributed by atoms with van der Waals surface area (Å²) in [5.41, 5.74) is 1.18. The number of carbonyl (C=O) groups excluding carboxylic acids is 1. The zero-order valence-corrected chi connectivity index (χ0v) is 24.3. The molecule has 2 unspecified atom stereocenters. The summed E-state index contributed by atoms with van der Waals surface area (Å²) in [6.45, 7) is 21.9. The summed E-state index contributed by atoms with van der Waals surface area (Å²) in [6.07, 6.45) is 13.1. The first-order valence-corrected chi connectivity index (χ1v) is 14.3. The summed E-state index contributed by atoms with van der Waals surface area (Å²) in [7, 11) is 0. The Morgan fingerprint density at radius 3 is 2.36 bits per heavy atom. The number of amidine groups is 1. The maximum absolute atomic E-state index is 12.3. The molecule has 0 aromatic rings. The average Bonchev–Trinajstić information content (AvgIpc) is 3.73. The molecule has 1 N–H and O–H groups in total. The Kier molecular flexibility index (Phi) is 11.3. The molecule has 4 aliphatic heterocycles. The van der Waals surface area contributed by atoms with E-state index in [1.54, 1.807) is 0 Å². The minimum atomic E-state index is -0.0938. The number of nitrogens with one attached hydrogen (secondary N) is 1. The van der Waals surface area contributed by atoms with Crippen LogP contribution >= 0.6 is 0 Å². The van der Waals surface area contributed by atoms with Gasteiger partial charge in [0.25, 0.3) is 0 Å². The smallest absolute Gasteiger partial charge is 0.230 e. The second kappa shape index (κ2) is 13.7. The van der Waals surface area contributed by atoms with Crippen molar-refractivity contribution in [3.8, 4) is 0 Å². The monoisotopic (exact) mass is 500 g/mol. The van der Waals surface area contributed by atoms with Crippen LogP contribution in [0.2, 0.25) is 0 Å². The number of hydrazone groups is 1. The van der Waals surface area contributed by atoms with Crippen molar-refractivity contribution >= 4 is 18.0 Å². The van der Waals surface area contributed by atoms with Gasteiger partial charge in [-0.05, 0) is 50.2 Å². The molecule has 7 nitrogen and oxygen atoms in total. The van der Waals surface area contributed by atoms with E-state index in [9.17, 15) is 4.79 Å². The van der Waals surface area contributed by atoms with Crippen LogP contribution in [0.3, 0.4) is 0 Å². The van der Waals surface area contributed by atoms with E-state index in [1.807, 2.05) is 70.8 Å². The number of amides is 1. The molecule has 2 atom stereocenters. The molecule has 204 valence electrons. The lowest BCUT2D eigenvalue weighted by Gasteiger charge is -2.39. The van der Waals surface area contributed by atoms with Crippen molar-refractivity contribution in [2.24, 2.45) is 27.3 Å². The number of carbonyl (C=O) groups is 1. The summed E-state index contributed by atoms with van der Waals surface area (Å²) >= 11 is 0. The summed E-state index contributed by atoms with van der Waals surface area (Å²) < 4.78 is 0. The highest BCUT2D eigenvalue weighted by Crippen LogP contribution is 2.48. The first-order chi connectivity index (χ1) is 17.4. The van der Waals surface area contributed by atoms with Gasteiger partial charge in [0, 0.05) is 50.9 Å². The SMILES string of the molecule is CC.CC.CC.CCN1C=C(CN=C2C=C(N3CCCCC3)NC3=CC(C)(C)C=NN32)C2CC2C1=O.[HH]. The highest BCUT2D eigenvalue weighted by Gasteiger charge is 2.49. The Balaban J connectivity index is 0.000000914. The maximum Gasteiger partial charge on any atom is 0.230 e. The average molecular weight is 501 g/mol. The molecule has 0 aromatic carbocycles. The van der Waals surface area contributed by atoms with E-state index in [1.165, 1.54) is 24.8 Å². The predicted molar refractivity (Wildman–Crippen MR) is 154 cm³/mol. The van der Waals surface area contributed by atoms with Gasteiger partial charge in [-0.2, -0.15) is 10.1 Å². The number of hydrogen-bond acceptors (Lipinski definition) is 5. The minimum absolute atomic E-state index is 0. The number of piperidine rings is 1. The summed E-state index contributed by atoms with van der Waals surface area (Å²) in [5.74, 6) is 3.82. The molecule has 4 heterocycles. The van der Waals surface area contributed by atoms with E-state index in [0.29, 0.717) is 12.5 Å². The van der Waals surface area contributed by atoms with Gasteiger partial charge in [-0.1, -0.05) is 55.4 Å². The largest absolute Gasteiger partial charge is 0.358 e. The number of nitrogens with zero attached hydrogens (tertiary/aromatic N) is 5. The normalized spacial score (nSPS) is 26.2. The van der Waals surface area contributed by atoms with Crippen molar-refractivity contribution in [3.63, 3.8) is 0 Å². The highest BCUT2D eigenvalue weighted by molar-refractivity contribution is 5.97. The molecule has 1 saturated heterocycles. The fraction of sp³-hybridized carbons (Fsp3) is 0.690. The highest BCUT2D eigenvalue weighted by atomic mass is 16.2.